The second-order valence-corrected chi connectivity index (χ2v) is 4.58. The van der Waals surface area contributed by atoms with E-state index in [0.29, 0.717) is 5.75 Å². The van der Waals surface area contributed by atoms with E-state index in [9.17, 15) is 9.59 Å². The van der Waals surface area contributed by atoms with Gasteiger partial charge in [-0.3, -0.25) is 4.79 Å². The van der Waals surface area contributed by atoms with Crippen LogP contribution in [0.4, 0.5) is 0 Å². The van der Waals surface area contributed by atoms with E-state index in [-0.39, 0.29) is 25.5 Å². The number of hydrogen-bond donors (Lipinski definition) is 2. The van der Waals surface area contributed by atoms with Crippen molar-refractivity contribution in [1.29, 1.82) is 0 Å². The van der Waals surface area contributed by atoms with Crippen LogP contribution in [0.2, 0.25) is 0 Å². The van der Waals surface area contributed by atoms with E-state index in [1.54, 1.807) is 6.07 Å². The molecule has 1 heterocycles. The normalized spacial score (nSPS) is 17.9. The highest BCUT2D eigenvalue weighted by molar-refractivity contribution is 5.89. The van der Waals surface area contributed by atoms with E-state index in [4.69, 9.17) is 14.6 Å². The summed E-state index contributed by atoms with van der Waals surface area (Å²) >= 11 is 0. The van der Waals surface area contributed by atoms with Gasteiger partial charge in [0.05, 0.1) is 0 Å². The predicted molar refractivity (Wildman–Crippen MR) is 70.7 cm³/mol. The number of aliphatic carboxylic acids is 1. The lowest BCUT2D eigenvalue weighted by Gasteiger charge is -2.16. The highest BCUT2D eigenvalue weighted by atomic mass is 16.5. The Morgan fingerprint density at radius 3 is 2.95 bits per heavy atom. The molecule has 6 heteroatoms. The molecule has 2 atom stereocenters. The van der Waals surface area contributed by atoms with Crippen molar-refractivity contribution in [3.05, 3.63) is 29.8 Å². The monoisotopic (exact) mass is 279 g/mol. The zero-order valence-corrected chi connectivity index (χ0v) is 11.2. The fourth-order valence-electron chi connectivity index (χ4n) is 2.15. The number of fused-ring (bicyclic) bond motifs is 1. The summed E-state index contributed by atoms with van der Waals surface area (Å²) in [5, 5.41) is 11.6. The van der Waals surface area contributed by atoms with Gasteiger partial charge >= 0.3 is 5.97 Å². The van der Waals surface area contributed by atoms with E-state index < -0.39 is 17.9 Å². The lowest BCUT2D eigenvalue weighted by atomic mass is 10.00. The quantitative estimate of drug-likeness (QED) is 0.803. The van der Waals surface area contributed by atoms with Crippen LogP contribution in [0.1, 0.15) is 17.9 Å². The van der Waals surface area contributed by atoms with Crippen LogP contribution < -0.4 is 10.1 Å². The summed E-state index contributed by atoms with van der Waals surface area (Å²) in [5.74, 6) is -1.19. The first-order valence-electron chi connectivity index (χ1n) is 6.37. The Labute approximate surface area is 116 Å². The highest BCUT2D eigenvalue weighted by Gasteiger charge is 2.32. The zero-order chi connectivity index (χ0) is 14.5. The minimum Gasteiger partial charge on any atom is -0.492 e. The van der Waals surface area contributed by atoms with Crippen LogP contribution in [-0.4, -0.2) is 43.3 Å². The summed E-state index contributed by atoms with van der Waals surface area (Å²) in [6, 6.07) is 6.32. The van der Waals surface area contributed by atoms with Crippen molar-refractivity contribution < 1.29 is 24.2 Å². The number of carbonyl (C=O) groups excluding carboxylic acids is 1. The molecule has 1 aromatic rings. The number of methoxy groups -OCH3 is 1. The average Bonchev–Trinajstić information content (AvgIpc) is 2.87. The summed E-state index contributed by atoms with van der Waals surface area (Å²) in [7, 11) is 1.49. The molecule has 6 nitrogen and oxygen atoms in total. The minimum atomic E-state index is -1.07. The molecule has 0 radical (unpaired) electrons. The van der Waals surface area contributed by atoms with Gasteiger partial charge in [0.25, 0.3) is 0 Å². The van der Waals surface area contributed by atoms with E-state index in [0.717, 1.165) is 5.56 Å². The van der Waals surface area contributed by atoms with Crippen LogP contribution in [0.5, 0.6) is 5.75 Å². The average molecular weight is 279 g/mol. The molecule has 1 amide bonds. The number of nitrogens with one attached hydrogen (secondary N) is 1. The molecule has 0 aliphatic carbocycles. The van der Waals surface area contributed by atoms with E-state index >= 15 is 0 Å². The number of ether oxygens (including phenoxy) is 2. The smallest absolute Gasteiger partial charge is 0.326 e. The molecule has 1 aromatic carbocycles. The van der Waals surface area contributed by atoms with Crippen molar-refractivity contribution in [2.45, 2.75) is 18.4 Å². The van der Waals surface area contributed by atoms with Crippen molar-refractivity contribution in [3.8, 4) is 5.75 Å². The molecule has 0 saturated heterocycles. The van der Waals surface area contributed by atoms with Crippen molar-refractivity contribution in [3.63, 3.8) is 0 Å². The lowest BCUT2D eigenvalue weighted by molar-refractivity contribution is -0.142. The van der Waals surface area contributed by atoms with Gasteiger partial charge in [0, 0.05) is 25.7 Å². The van der Waals surface area contributed by atoms with E-state index in [1.165, 1.54) is 7.11 Å². The summed E-state index contributed by atoms with van der Waals surface area (Å²) < 4.78 is 10.3. The molecular weight excluding hydrogens is 262 g/mol. The molecule has 108 valence electrons. The zero-order valence-electron chi connectivity index (χ0n) is 11.2. The topological polar surface area (TPSA) is 84.9 Å². The van der Waals surface area contributed by atoms with E-state index in [2.05, 4.69) is 5.32 Å². The van der Waals surface area contributed by atoms with Crippen LogP contribution in [0.25, 0.3) is 0 Å². The van der Waals surface area contributed by atoms with Crippen LogP contribution in [0.3, 0.4) is 0 Å². The van der Waals surface area contributed by atoms with E-state index in [1.807, 2.05) is 18.2 Å². The maximum Gasteiger partial charge on any atom is 0.326 e. The molecule has 0 fully saturated rings. The Bertz CT molecular complexity index is 502. The van der Waals surface area contributed by atoms with Crippen molar-refractivity contribution >= 4 is 11.9 Å². The van der Waals surface area contributed by atoms with Gasteiger partial charge in [-0.1, -0.05) is 18.2 Å². The molecule has 20 heavy (non-hydrogen) atoms. The Morgan fingerprint density at radius 1 is 1.50 bits per heavy atom. The van der Waals surface area contributed by atoms with Gasteiger partial charge in [-0.25, -0.2) is 4.79 Å². The number of amides is 1. The van der Waals surface area contributed by atoms with Gasteiger partial charge < -0.3 is 19.9 Å². The molecule has 0 bridgehead atoms. The molecule has 1 aliphatic rings. The van der Waals surface area contributed by atoms with Gasteiger partial charge in [-0.05, 0) is 6.07 Å². The maximum atomic E-state index is 12.2. The molecule has 0 saturated carbocycles. The summed E-state index contributed by atoms with van der Waals surface area (Å²) in [6.45, 7) is 0.511. The van der Waals surface area contributed by atoms with Crippen molar-refractivity contribution in [1.82, 2.24) is 5.32 Å². The third-order valence-electron chi connectivity index (χ3n) is 3.24. The third kappa shape index (κ3) is 3.08. The first-order valence-corrected chi connectivity index (χ1v) is 6.37. The fourth-order valence-corrected chi connectivity index (χ4v) is 2.15. The number of hydrogen-bond acceptors (Lipinski definition) is 4. The Hall–Kier alpha value is -2.08. The number of para-hydroxylation sites is 1. The van der Waals surface area contributed by atoms with Gasteiger partial charge in [0.15, 0.2) is 0 Å². The number of benzene rings is 1. The second kappa shape index (κ2) is 6.38. The van der Waals surface area contributed by atoms with Gasteiger partial charge in [0.2, 0.25) is 5.91 Å². The highest BCUT2D eigenvalue weighted by Crippen LogP contribution is 2.33. The third-order valence-corrected chi connectivity index (χ3v) is 3.24. The van der Waals surface area contributed by atoms with Gasteiger partial charge in [-0.15, -0.1) is 0 Å². The number of carbonyl (C=O) groups is 2. The largest absolute Gasteiger partial charge is 0.492 e. The number of rotatable bonds is 6. The van der Waals surface area contributed by atoms with Crippen LogP contribution in [-0.2, 0) is 14.3 Å². The fraction of sp³-hybridized carbons (Fsp3) is 0.429. The van der Waals surface area contributed by atoms with Crippen molar-refractivity contribution in [2.75, 3.05) is 20.3 Å². The summed E-state index contributed by atoms with van der Waals surface area (Å²) in [6.07, 6.45) is 0.229. The van der Waals surface area contributed by atoms with Gasteiger partial charge in [0.1, 0.15) is 24.3 Å². The first kappa shape index (κ1) is 14.3. The molecule has 2 N–H and O–H groups in total. The first-order chi connectivity index (χ1) is 9.63. The molecule has 0 spiro atoms. The maximum absolute atomic E-state index is 12.2. The van der Waals surface area contributed by atoms with Gasteiger partial charge in [-0.2, -0.15) is 0 Å². The minimum absolute atomic E-state index is 0.229. The van der Waals surface area contributed by atoms with Crippen LogP contribution in [0.15, 0.2) is 24.3 Å². The summed E-state index contributed by atoms with van der Waals surface area (Å²) in [5.41, 5.74) is 0.792. The standard InChI is InChI=1S/C14H17NO5/c1-19-7-6-11(14(17)18)15-13(16)10-8-20-12-5-3-2-4-9(10)12/h2-5,10-11H,6-8H2,1H3,(H,15,16)(H,17,18)/t10-,11-/m1/s1. The Morgan fingerprint density at radius 2 is 2.25 bits per heavy atom. The molecular formula is C14H17NO5. The lowest BCUT2D eigenvalue weighted by Crippen LogP contribution is -2.44. The number of carboxylic acids is 1. The summed E-state index contributed by atoms with van der Waals surface area (Å²) in [4.78, 5) is 23.3. The van der Waals surface area contributed by atoms with Crippen molar-refractivity contribution in [2.24, 2.45) is 0 Å². The molecule has 0 aromatic heterocycles. The second-order valence-electron chi connectivity index (χ2n) is 4.58. The Kier molecular flexibility index (Phi) is 4.57. The predicted octanol–water partition coefficient (Wildman–Crippen LogP) is 0.768. The number of carboxylic acid groups (broad SMARTS) is 1. The molecule has 1 aliphatic heterocycles. The Balaban J connectivity index is 2.03. The van der Waals surface area contributed by atoms with Crippen LogP contribution >= 0.6 is 0 Å². The molecule has 2 rings (SSSR count). The SMILES string of the molecule is COCC[C@@H](NC(=O)[C@@H]1COc2ccccc21)C(=O)O. The molecule has 0 unspecified atom stereocenters. The van der Waals surface area contributed by atoms with Crippen LogP contribution in [0, 0.1) is 0 Å².